The van der Waals surface area contributed by atoms with E-state index in [0.717, 1.165) is 28.7 Å². The van der Waals surface area contributed by atoms with E-state index in [1.807, 2.05) is 31.3 Å². The Morgan fingerprint density at radius 1 is 1.19 bits per heavy atom. The van der Waals surface area contributed by atoms with Gasteiger partial charge in [-0.2, -0.15) is 0 Å². The maximum Gasteiger partial charge on any atom is 0.337 e. The zero-order valence-corrected chi connectivity index (χ0v) is 12.1. The summed E-state index contributed by atoms with van der Waals surface area (Å²) >= 11 is 0. The van der Waals surface area contributed by atoms with Crippen LogP contribution < -0.4 is 5.32 Å². The lowest BCUT2D eigenvalue weighted by molar-refractivity contribution is -0.107. The maximum atomic E-state index is 11.7. The van der Waals surface area contributed by atoms with Crippen molar-refractivity contribution in [3.63, 3.8) is 0 Å². The number of para-hydroxylation sites is 1. The first kappa shape index (κ1) is 14.8. The lowest BCUT2D eigenvalue weighted by atomic mass is 9.94. The molecule has 2 rings (SSSR count). The van der Waals surface area contributed by atoms with E-state index in [1.54, 1.807) is 18.2 Å². The molecule has 0 saturated carbocycles. The molecule has 0 aliphatic heterocycles. The summed E-state index contributed by atoms with van der Waals surface area (Å²) in [4.78, 5) is 22.6. The van der Waals surface area contributed by atoms with Crippen LogP contribution in [-0.4, -0.2) is 26.4 Å². The van der Waals surface area contributed by atoms with Crippen LogP contribution in [0, 0.1) is 0 Å². The highest BCUT2D eigenvalue weighted by molar-refractivity contribution is 5.93. The van der Waals surface area contributed by atoms with Crippen molar-refractivity contribution in [2.24, 2.45) is 0 Å². The number of ether oxygens (including phenoxy) is 1. The van der Waals surface area contributed by atoms with E-state index in [4.69, 9.17) is 4.74 Å². The molecule has 0 spiro atoms. The zero-order chi connectivity index (χ0) is 15.2. The number of anilines is 1. The first-order chi connectivity index (χ1) is 10.2. The molecule has 0 amide bonds. The lowest BCUT2D eigenvalue weighted by Gasteiger charge is -2.13. The second kappa shape index (κ2) is 6.70. The van der Waals surface area contributed by atoms with Crippen molar-refractivity contribution >= 4 is 17.9 Å². The number of rotatable bonds is 5. The van der Waals surface area contributed by atoms with Gasteiger partial charge in [-0.3, -0.25) is 0 Å². The van der Waals surface area contributed by atoms with Crippen molar-refractivity contribution in [1.82, 2.24) is 0 Å². The Morgan fingerprint density at radius 2 is 1.95 bits per heavy atom. The fraction of sp³-hybridized carbons (Fsp3) is 0.176. The van der Waals surface area contributed by atoms with E-state index in [0.29, 0.717) is 12.0 Å². The summed E-state index contributed by atoms with van der Waals surface area (Å²) in [5.41, 5.74) is 4.08. The third kappa shape index (κ3) is 3.11. The van der Waals surface area contributed by atoms with Gasteiger partial charge in [0.25, 0.3) is 0 Å². The smallest absolute Gasteiger partial charge is 0.337 e. The number of nitrogens with one attached hydrogen (secondary N) is 1. The Bertz CT molecular complexity index is 665. The summed E-state index contributed by atoms with van der Waals surface area (Å²) in [7, 11) is 3.19. The lowest BCUT2D eigenvalue weighted by Crippen LogP contribution is -2.03. The fourth-order valence-corrected chi connectivity index (χ4v) is 2.28. The molecule has 4 nitrogen and oxygen atoms in total. The molecule has 1 N–H and O–H groups in total. The van der Waals surface area contributed by atoms with Gasteiger partial charge in [-0.25, -0.2) is 4.79 Å². The minimum Gasteiger partial charge on any atom is -0.465 e. The number of carbonyl (C=O) groups is 2. The maximum absolute atomic E-state index is 11.7. The normalized spacial score (nSPS) is 10.0. The van der Waals surface area contributed by atoms with Crippen molar-refractivity contribution in [2.45, 2.75) is 6.42 Å². The third-order valence-electron chi connectivity index (χ3n) is 3.32. The van der Waals surface area contributed by atoms with Crippen molar-refractivity contribution in [3.05, 3.63) is 53.6 Å². The molecule has 0 aliphatic carbocycles. The number of benzene rings is 2. The van der Waals surface area contributed by atoms with Gasteiger partial charge in [0.1, 0.15) is 6.29 Å². The van der Waals surface area contributed by atoms with Crippen molar-refractivity contribution < 1.29 is 14.3 Å². The van der Waals surface area contributed by atoms with E-state index in [1.165, 1.54) is 7.11 Å². The SMILES string of the molecule is CNc1ccccc1-c1cc(C(=O)OC)ccc1CC=O. The van der Waals surface area contributed by atoms with Crippen molar-refractivity contribution in [1.29, 1.82) is 0 Å². The third-order valence-corrected chi connectivity index (χ3v) is 3.32. The Morgan fingerprint density at radius 3 is 2.62 bits per heavy atom. The first-order valence-electron chi connectivity index (χ1n) is 6.63. The number of aldehydes is 1. The number of methoxy groups -OCH3 is 1. The molecule has 0 atom stereocenters. The minimum absolute atomic E-state index is 0.300. The zero-order valence-electron chi connectivity index (χ0n) is 12.1. The van der Waals surface area contributed by atoms with Gasteiger partial charge in [-0.15, -0.1) is 0 Å². The van der Waals surface area contributed by atoms with Crippen LogP contribution in [0.25, 0.3) is 11.1 Å². The topological polar surface area (TPSA) is 55.4 Å². The molecule has 0 radical (unpaired) electrons. The van der Waals surface area contributed by atoms with Crippen LogP contribution in [0.15, 0.2) is 42.5 Å². The predicted molar refractivity (Wildman–Crippen MR) is 82.5 cm³/mol. The van der Waals surface area contributed by atoms with Crippen LogP contribution in [0.2, 0.25) is 0 Å². The summed E-state index contributed by atoms with van der Waals surface area (Å²) in [6, 6.07) is 13.0. The van der Waals surface area contributed by atoms with E-state index >= 15 is 0 Å². The highest BCUT2D eigenvalue weighted by atomic mass is 16.5. The van der Waals surface area contributed by atoms with Gasteiger partial charge in [0.05, 0.1) is 12.7 Å². The van der Waals surface area contributed by atoms with Gasteiger partial charge >= 0.3 is 5.97 Å². The molecule has 0 saturated heterocycles. The van der Waals surface area contributed by atoms with Crippen molar-refractivity contribution in [2.75, 3.05) is 19.5 Å². The Balaban J connectivity index is 2.62. The molecular weight excluding hydrogens is 266 g/mol. The van der Waals surface area contributed by atoms with Crippen LogP contribution >= 0.6 is 0 Å². The van der Waals surface area contributed by atoms with Crippen LogP contribution in [0.1, 0.15) is 15.9 Å². The molecule has 0 heterocycles. The van der Waals surface area contributed by atoms with Gasteiger partial charge in [-0.1, -0.05) is 24.3 Å². The van der Waals surface area contributed by atoms with Crippen LogP contribution in [-0.2, 0) is 16.0 Å². The van der Waals surface area contributed by atoms with E-state index in [9.17, 15) is 9.59 Å². The number of carbonyl (C=O) groups excluding carboxylic acids is 2. The average Bonchev–Trinajstić information content (AvgIpc) is 2.54. The van der Waals surface area contributed by atoms with E-state index < -0.39 is 5.97 Å². The quantitative estimate of drug-likeness (QED) is 0.677. The van der Waals surface area contributed by atoms with Gasteiger partial charge in [-0.05, 0) is 29.3 Å². The second-order valence-electron chi connectivity index (χ2n) is 4.53. The molecule has 0 unspecified atom stereocenters. The van der Waals surface area contributed by atoms with E-state index in [2.05, 4.69) is 5.32 Å². The fourth-order valence-electron chi connectivity index (χ4n) is 2.28. The highest BCUT2D eigenvalue weighted by Crippen LogP contribution is 2.31. The second-order valence-corrected chi connectivity index (χ2v) is 4.53. The largest absolute Gasteiger partial charge is 0.465 e. The average molecular weight is 283 g/mol. The molecule has 0 aliphatic rings. The monoisotopic (exact) mass is 283 g/mol. The highest BCUT2D eigenvalue weighted by Gasteiger charge is 2.13. The summed E-state index contributed by atoms with van der Waals surface area (Å²) in [6.45, 7) is 0. The Labute approximate surface area is 123 Å². The Hall–Kier alpha value is -2.62. The summed E-state index contributed by atoms with van der Waals surface area (Å²) in [5, 5.41) is 3.12. The van der Waals surface area contributed by atoms with Gasteiger partial charge in [0.2, 0.25) is 0 Å². The standard InChI is InChI=1S/C17H17NO3/c1-18-16-6-4-3-5-14(16)15-11-13(17(20)21-2)8-7-12(15)9-10-19/h3-8,10-11,18H,9H2,1-2H3. The summed E-state index contributed by atoms with van der Waals surface area (Å²) in [6.07, 6.45) is 1.16. The molecule has 2 aromatic carbocycles. The van der Waals surface area contributed by atoms with Gasteiger partial charge < -0.3 is 14.8 Å². The molecule has 0 fully saturated rings. The number of hydrogen-bond donors (Lipinski definition) is 1. The first-order valence-corrected chi connectivity index (χ1v) is 6.63. The molecule has 21 heavy (non-hydrogen) atoms. The molecule has 0 aromatic heterocycles. The predicted octanol–water partition coefficient (Wildman–Crippen LogP) is 2.92. The molecule has 4 heteroatoms. The minimum atomic E-state index is -0.393. The molecule has 0 bridgehead atoms. The molecule has 108 valence electrons. The molecule has 2 aromatic rings. The van der Waals surface area contributed by atoms with E-state index in [-0.39, 0.29) is 0 Å². The van der Waals surface area contributed by atoms with Gasteiger partial charge in [0.15, 0.2) is 0 Å². The van der Waals surface area contributed by atoms with Crippen molar-refractivity contribution in [3.8, 4) is 11.1 Å². The summed E-state index contributed by atoms with van der Waals surface area (Å²) in [5.74, 6) is -0.393. The number of esters is 1. The van der Waals surface area contributed by atoms with Gasteiger partial charge in [0, 0.05) is 24.7 Å². The van der Waals surface area contributed by atoms with Crippen LogP contribution in [0.5, 0.6) is 0 Å². The van der Waals surface area contributed by atoms with Crippen LogP contribution in [0.4, 0.5) is 5.69 Å². The number of hydrogen-bond acceptors (Lipinski definition) is 4. The summed E-state index contributed by atoms with van der Waals surface area (Å²) < 4.78 is 4.76. The van der Waals surface area contributed by atoms with Crippen LogP contribution in [0.3, 0.4) is 0 Å². The molecular formula is C17H17NO3. The Kier molecular flexibility index (Phi) is 4.72.